The van der Waals surface area contributed by atoms with E-state index >= 15 is 0 Å². The first kappa shape index (κ1) is 9.78. The average Bonchev–Trinajstić information content (AvgIpc) is 2.15. The molecule has 1 rings (SSSR count). The van der Waals surface area contributed by atoms with Gasteiger partial charge in [0.05, 0.1) is 0 Å². The van der Waals surface area contributed by atoms with Crippen LogP contribution in [0, 0.1) is 0 Å². The minimum Gasteiger partial charge on any atom is -0.370 e. The van der Waals surface area contributed by atoms with Crippen LogP contribution in [0.1, 0.15) is 31.2 Å². The number of rotatable bonds is 4. The number of carbonyl (C=O) groups is 1. The Kier molecular flexibility index (Phi) is 3.50. The van der Waals surface area contributed by atoms with Crippen LogP contribution in [0.5, 0.6) is 0 Å². The molecule has 0 bridgehead atoms. The van der Waals surface area contributed by atoms with E-state index in [1.54, 1.807) is 0 Å². The average molecular weight is 177 g/mol. The van der Waals surface area contributed by atoms with Crippen LogP contribution in [0.15, 0.2) is 30.3 Å². The summed E-state index contributed by atoms with van der Waals surface area (Å²) in [5.41, 5.74) is 6.37. The molecule has 2 N–H and O–H groups in total. The third kappa shape index (κ3) is 2.90. The summed E-state index contributed by atoms with van der Waals surface area (Å²) in [7, 11) is 0. The van der Waals surface area contributed by atoms with E-state index < -0.39 is 0 Å². The lowest BCUT2D eigenvalue weighted by Crippen LogP contribution is -2.14. The van der Waals surface area contributed by atoms with Crippen molar-refractivity contribution in [3.05, 3.63) is 35.9 Å². The SMILES string of the molecule is CC[C@H](CC(N)=O)c1ccccc1. The number of hydrogen-bond donors (Lipinski definition) is 1. The van der Waals surface area contributed by atoms with Crippen LogP contribution in [-0.2, 0) is 4.79 Å². The van der Waals surface area contributed by atoms with Crippen LogP contribution in [0.25, 0.3) is 0 Å². The highest BCUT2D eigenvalue weighted by molar-refractivity contribution is 5.74. The van der Waals surface area contributed by atoms with Gasteiger partial charge in [-0.05, 0) is 17.9 Å². The minimum absolute atomic E-state index is 0.226. The van der Waals surface area contributed by atoms with Crippen LogP contribution >= 0.6 is 0 Å². The standard InChI is InChI=1S/C11H15NO/c1-2-9(8-11(12)13)10-6-4-3-5-7-10/h3-7,9H,2,8H2,1H3,(H2,12,13)/t9-/m1/s1. The van der Waals surface area contributed by atoms with Crippen LogP contribution < -0.4 is 5.73 Å². The quantitative estimate of drug-likeness (QED) is 0.751. The summed E-state index contributed by atoms with van der Waals surface area (Å²) >= 11 is 0. The zero-order chi connectivity index (χ0) is 9.68. The molecule has 0 radical (unpaired) electrons. The van der Waals surface area contributed by atoms with Crippen LogP contribution in [0.3, 0.4) is 0 Å². The molecule has 1 atom stereocenters. The maximum Gasteiger partial charge on any atom is 0.218 e. The third-order valence-corrected chi connectivity index (χ3v) is 2.21. The van der Waals surface area contributed by atoms with Crippen molar-refractivity contribution in [2.75, 3.05) is 0 Å². The van der Waals surface area contributed by atoms with Gasteiger partial charge in [0.2, 0.25) is 5.91 Å². The van der Waals surface area contributed by atoms with Crippen molar-refractivity contribution in [2.24, 2.45) is 5.73 Å². The second-order valence-electron chi connectivity index (χ2n) is 3.19. The molecule has 1 aromatic carbocycles. The van der Waals surface area contributed by atoms with E-state index in [0.29, 0.717) is 6.42 Å². The predicted octanol–water partition coefficient (Wildman–Crippen LogP) is 2.06. The molecule has 0 heterocycles. The highest BCUT2D eigenvalue weighted by Gasteiger charge is 2.11. The first-order valence-corrected chi connectivity index (χ1v) is 4.57. The highest BCUT2D eigenvalue weighted by Crippen LogP contribution is 2.22. The van der Waals surface area contributed by atoms with Crippen molar-refractivity contribution >= 4 is 5.91 Å². The van der Waals surface area contributed by atoms with Gasteiger partial charge >= 0.3 is 0 Å². The molecule has 1 amide bonds. The smallest absolute Gasteiger partial charge is 0.218 e. The topological polar surface area (TPSA) is 43.1 Å². The Labute approximate surface area is 78.8 Å². The van der Waals surface area contributed by atoms with E-state index in [-0.39, 0.29) is 11.8 Å². The van der Waals surface area contributed by atoms with Gasteiger partial charge in [0.25, 0.3) is 0 Å². The molecule has 2 heteroatoms. The second-order valence-corrected chi connectivity index (χ2v) is 3.19. The van der Waals surface area contributed by atoms with Gasteiger partial charge in [-0.3, -0.25) is 4.79 Å². The Morgan fingerprint density at radius 1 is 1.38 bits per heavy atom. The van der Waals surface area contributed by atoms with Crippen molar-refractivity contribution in [1.82, 2.24) is 0 Å². The van der Waals surface area contributed by atoms with Crippen LogP contribution in [0.2, 0.25) is 0 Å². The molecule has 0 fully saturated rings. The monoisotopic (exact) mass is 177 g/mol. The molecule has 13 heavy (non-hydrogen) atoms. The fourth-order valence-corrected chi connectivity index (χ4v) is 1.47. The number of carbonyl (C=O) groups excluding carboxylic acids is 1. The van der Waals surface area contributed by atoms with Gasteiger partial charge < -0.3 is 5.73 Å². The van der Waals surface area contributed by atoms with Gasteiger partial charge in [0, 0.05) is 6.42 Å². The molecule has 0 aromatic heterocycles. The highest BCUT2D eigenvalue weighted by atomic mass is 16.1. The minimum atomic E-state index is -0.226. The third-order valence-electron chi connectivity index (χ3n) is 2.21. The second kappa shape index (κ2) is 4.65. The number of amides is 1. The summed E-state index contributed by atoms with van der Waals surface area (Å²) in [5, 5.41) is 0. The Morgan fingerprint density at radius 3 is 2.46 bits per heavy atom. The maximum absolute atomic E-state index is 10.8. The predicted molar refractivity (Wildman–Crippen MR) is 53.3 cm³/mol. The first-order valence-electron chi connectivity index (χ1n) is 4.57. The number of nitrogens with two attached hydrogens (primary N) is 1. The fourth-order valence-electron chi connectivity index (χ4n) is 1.47. The van der Waals surface area contributed by atoms with Crippen molar-refractivity contribution in [3.63, 3.8) is 0 Å². The van der Waals surface area contributed by atoms with Gasteiger partial charge in [0.1, 0.15) is 0 Å². The molecule has 2 nitrogen and oxygen atoms in total. The lowest BCUT2D eigenvalue weighted by Gasteiger charge is -2.12. The van der Waals surface area contributed by atoms with Crippen molar-refractivity contribution in [2.45, 2.75) is 25.7 Å². The summed E-state index contributed by atoms with van der Waals surface area (Å²) < 4.78 is 0. The zero-order valence-electron chi connectivity index (χ0n) is 7.86. The summed E-state index contributed by atoms with van der Waals surface area (Å²) in [4.78, 5) is 10.8. The molecule has 0 unspecified atom stereocenters. The van der Waals surface area contributed by atoms with E-state index in [1.807, 2.05) is 30.3 Å². The molecule has 70 valence electrons. The molecule has 0 aliphatic rings. The van der Waals surface area contributed by atoms with E-state index in [2.05, 4.69) is 6.92 Å². The fraction of sp³-hybridized carbons (Fsp3) is 0.364. The molecule has 0 aliphatic heterocycles. The van der Waals surface area contributed by atoms with Gasteiger partial charge in [-0.15, -0.1) is 0 Å². The maximum atomic E-state index is 10.8. The molecule has 0 saturated heterocycles. The number of benzene rings is 1. The molecule has 0 saturated carbocycles. The van der Waals surface area contributed by atoms with Gasteiger partial charge in [-0.25, -0.2) is 0 Å². The van der Waals surface area contributed by atoms with Crippen molar-refractivity contribution in [1.29, 1.82) is 0 Å². The molecule has 1 aromatic rings. The number of hydrogen-bond acceptors (Lipinski definition) is 1. The number of primary amides is 1. The first-order chi connectivity index (χ1) is 6.24. The summed E-state index contributed by atoms with van der Waals surface area (Å²) in [6.07, 6.45) is 1.40. The Balaban J connectivity index is 2.73. The Bertz CT molecular complexity index is 269. The van der Waals surface area contributed by atoms with Crippen molar-refractivity contribution < 1.29 is 4.79 Å². The molecular weight excluding hydrogens is 162 g/mol. The Morgan fingerprint density at radius 2 is 2.00 bits per heavy atom. The van der Waals surface area contributed by atoms with Gasteiger partial charge in [-0.2, -0.15) is 0 Å². The van der Waals surface area contributed by atoms with E-state index in [9.17, 15) is 4.79 Å². The molecular formula is C11H15NO. The van der Waals surface area contributed by atoms with Crippen molar-refractivity contribution in [3.8, 4) is 0 Å². The van der Waals surface area contributed by atoms with E-state index in [1.165, 1.54) is 5.56 Å². The summed E-state index contributed by atoms with van der Waals surface area (Å²) in [5.74, 6) is 0.0504. The van der Waals surface area contributed by atoms with Gasteiger partial charge in [-0.1, -0.05) is 37.3 Å². The van der Waals surface area contributed by atoms with E-state index in [4.69, 9.17) is 5.73 Å². The van der Waals surface area contributed by atoms with Crippen LogP contribution in [-0.4, -0.2) is 5.91 Å². The largest absolute Gasteiger partial charge is 0.370 e. The summed E-state index contributed by atoms with van der Waals surface area (Å²) in [6.45, 7) is 2.07. The van der Waals surface area contributed by atoms with Gasteiger partial charge in [0.15, 0.2) is 0 Å². The summed E-state index contributed by atoms with van der Waals surface area (Å²) in [6, 6.07) is 10.0. The lowest BCUT2D eigenvalue weighted by atomic mass is 9.93. The lowest BCUT2D eigenvalue weighted by molar-refractivity contribution is -0.118. The Hall–Kier alpha value is -1.31. The molecule has 0 spiro atoms. The van der Waals surface area contributed by atoms with Crippen LogP contribution in [0.4, 0.5) is 0 Å². The zero-order valence-corrected chi connectivity index (χ0v) is 7.86. The molecule has 0 aliphatic carbocycles. The normalized spacial score (nSPS) is 12.4. The van der Waals surface area contributed by atoms with E-state index in [0.717, 1.165) is 6.42 Å².